The number of benzene rings is 1. The molecule has 2 aromatic rings. The van der Waals surface area contributed by atoms with Crippen molar-refractivity contribution in [1.29, 1.82) is 0 Å². The van der Waals surface area contributed by atoms with Gasteiger partial charge in [-0.2, -0.15) is 0 Å². The van der Waals surface area contributed by atoms with Crippen LogP contribution in [-0.2, 0) is 0 Å². The molecule has 0 unspecified atom stereocenters. The average Bonchev–Trinajstić information content (AvgIpc) is 2.71. The lowest BCUT2D eigenvalue weighted by Gasteiger charge is -2.01. The lowest BCUT2D eigenvalue weighted by atomic mass is 10.2. The first-order valence-electron chi connectivity index (χ1n) is 4.38. The van der Waals surface area contributed by atoms with Crippen LogP contribution in [-0.4, -0.2) is 31.3 Å². The largest absolute Gasteiger partial charge is 0.475 e. The summed E-state index contributed by atoms with van der Waals surface area (Å²) < 4.78 is 0.967. The summed E-state index contributed by atoms with van der Waals surface area (Å²) in [7, 11) is 0. The van der Waals surface area contributed by atoms with Gasteiger partial charge in [0.15, 0.2) is 0 Å². The van der Waals surface area contributed by atoms with Gasteiger partial charge in [-0.05, 0) is 35.9 Å². The highest BCUT2D eigenvalue weighted by molar-refractivity contribution is 9.10. The molecule has 0 saturated carbocycles. The highest BCUT2D eigenvalue weighted by atomic mass is 79.9. The van der Waals surface area contributed by atoms with Crippen molar-refractivity contribution in [2.24, 2.45) is 0 Å². The standard InChI is InChI=1S/C9H7BrN4O2/c1-5-4-6(2-3-7(5)10)14-12-8(9(15)16)11-13-14/h2-4H,1H3,(H,15,16). The van der Waals surface area contributed by atoms with Crippen LogP contribution in [0.25, 0.3) is 5.69 Å². The molecule has 1 aromatic heterocycles. The van der Waals surface area contributed by atoms with Crippen LogP contribution in [0.3, 0.4) is 0 Å². The van der Waals surface area contributed by atoms with Gasteiger partial charge < -0.3 is 5.11 Å². The number of aryl methyl sites for hydroxylation is 1. The molecule has 0 aliphatic heterocycles. The number of carbonyl (C=O) groups is 1. The van der Waals surface area contributed by atoms with Crippen molar-refractivity contribution in [2.45, 2.75) is 6.92 Å². The monoisotopic (exact) mass is 282 g/mol. The molecule has 0 saturated heterocycles. The minimum atomic E-state index is -1.19. The zero-order valence-electron chi connectivity index (χ0n) is 8.25. The number of rotatable bonds is 2. The van der Waals surface area contributed by atoms with E-state index in [4.69, 9.17) is 5.11 Å². The second kappa shape index (κ2) is 4.01. The number of hydrogen-bond acceptors (Lipinski definition) is 4. The summed E-state index contributed by atoms with van der Waals surface area (Å²) in [4.78, 5) is 11.8. The van der Waals surface area contributed by atoms with Gasteiger partial charge >= 0.3 is 5.97 Å². The predicted octanol–water partition coefficient (Wildman–Crippen LogP) is 1.43. The Morgan fingerprint density at radius 1 is 1.50 bits per heavy atom. The fraction of sp³-hybridized carbons (Fsp3) is 0.111. The number of halogens is 1. The molecule has 82 valence electrons. The first-order valence-corrected chi connectivity index (χ1v) is 5.17. The van der Waals surface area contributed by atoms with E-state index in [1.807, 2.05) is 19.1 Å². The van der Waals surface area contributed by atoms with Crippen LogP contribution >= 0.6 is 15.9 Å². The molecule has 1 N–H and O–H groups in total. The second-order valence-corrected chi connectivity index (χ2v) is 4.00. The molecule has 7 heteroatoms. The summed E-state index contributed by atoms with van der Waals surface area (Å²) in [5, 5.41) is 19.5. The maximum atomic E-state index is 10.6. The molecule has 0 atom stereocenters. The Balaban J connectivity index is 2.42. The molecule has 1 heterocycles. The van der Waals surface area contributed by atoms with E-state index in [0.29, 0.717) is 5.69 Å². The Hall–Kier alpha value is -1.76. The van der Waals surface area contributed by atoms with Gasteiger partial charge in [0.2, 0.25) is 0 Å². The van der Waals surface area contributed by atoms with Crippen LogP contribution in [0.15, 0.2) is 22.7 Å². The Morgan fingerprint density at radius 2 is 2.25 bits per heavy atom. The Morgan fingerprint density at radius 3 is 2.81 bits per heavy atom. The number of carboxylic acid groups (broad SMARTS) is 1. The predicted molar refractivity (Wildman–Crippen MR) is 58.6 cm³/mol. The van der Waals surface area contributed by atoms with E-state index in [2.05, 4.69) is 31.3 Å². The summed E-state index contributed by atoms with van der Waals surface area (Å²) in [6, 6.07) is 5.44. The van der Waals surface area contributed by atoms with E-state index in [1.165, 1.54) is 4.80 Å². The molecule has 0 bridgehead atoms. The van der Waals surface area contributed by atoms with Gasteiger partial charge in [-0.25, -0.2) is 4.79 Å². The number of tetrazole rings is 1. The van der Waals surface area contributed by atoms with Crippen molar-refractivity contribution < 1.29 is 9.90 Å². The zero-order valence-corrected chi connectivity index (χ0v) is 9.84. The Bertz CT molecular complexity index is 552. The van der Waals surface area contributed by atoms with Gasteiger partial charge in [0.05, 0.1) is 5.69 Å². The SMILES string of the molecule is Cc1cc(-n2nnc(C(=O)O)n2)ccc1Br. The summed E-state index contributed by atoms with van der Waals surface area (Å²) in [6.07, 6.45) is 0. The molecule has 6 nitrogen and oxygen atoms in total. The van der Waals surface area contributed by atoms with Gasteiger partial charge in [0, 0.05) is 4.47 Å². The quantitative estimate of drug-likeness (QED) is 0.901. The topological polar surface area (TPSA) is 80.9 Å². The molecular formula is C9H7BrN4O2. The van der Waals surface area contributed by atoms with Crippen LogP contribution in [0.2, 0.25) is 0 Å². The van der Waals surface area contributed by atoms with Crippen LogP contribution < -0.4 is 0 Å². The zero-order chi connectivity index (χ0) is 11.7. The highest BCUT2D eigenvalue weighted by Crippen LogP contribution is 2.18. The van der Waals surface area contributed by atoms with Crippen molar-refractivity contribution >= 4 is 21.9 Å². The number of carboxylic acids is 1. The molecule has 0 radical (unpaired) electrons. The molecular weight excluding hydrogens is 276 g/mol. The van der Waals surface area contributed by atoms with E-state index in [9.17, 15) is 4.79 Å². The highest BCUT2D eigenvalue weighted by Gasteiger charge is 2.11. The number of aromatic carboxylic acids is 1. The maximum Gasteiger partial charge on any atom is 0.377 e. The Labute approximate surface area is 99.0 Å². The van der Waals surface area contributed by atoms with Crippen molar-refractivity contribution in [2.75, 3.05) is 0 Å². The minimum absolute atomic E-state index is 0.319. The first-order chi connectivity index (χ1) is 7.58. The van der Waals surface area contributed by atoms with Gasteiger partial charge in [-0.15, -0.1) is 15.0 Å². The second-order valence-electron chi connectivity index (χ2n) is 3.14. The van der Waals surface area contributed by atoms with Crippen molar-refractivity contribution in [3.8, 4) is 5.69 Å². The van der Waals surface area contributed by atoms with Crippen molar-refractivity contribution in [1.82, 2.24) is 20.2 Å². The summed E-state index contributed by atoms with van der Waals surface area (Å²) in [5.74, 6) is -1.51. The fourth-order valence-electron chi connectivity index (χ4n) is 1.16. The van der Waals surface area contributed by atoms with Gasteiger partial charge in [-0.1, -0.05) is 15.9 Å². The molecule has 1 aromatic carbocycles. The third-order valence-corrected chi connectivity index (χ3v) is 2.87. The van der Waals surface area contributed by atoms with Gasteiger partial charge in [0.1, 0.15) is 0 Å². The van der Waals surface area contributed by atoms with Gasteiger partial charge in [0.25, 0.3) is 5.82 Å². The van der Waals surface area contributed by atoms with Crippen molar-refractivity contribution in [3.63, 3.8) is 0 Å². The van der Waals surface area contributed by atoms with E-state index in [1.54, 1.807) is 6.07 Å². The Kier molecular flexibility index (Phi) is 2.69. The van der Waals surface area contributed by atoms with Crippen molar-refractivity contribution in [3.05, 3.63) is 34.1 Å². The van der Waals surface area contributed by atoms with E-state index >= 15 is 0 Å². The lowest BCUT2D eigenvalue weighted by molar-refractivity contribution is 0.0683. The summed E-state index contributed by atoms with van der Waals surface area (Å²) in [6.45, 7) is 1.92. The van der Waals surface area contributed by atoms with E-state index < -0.39 is 5.97 Å². The minimum Gasteiger partial charge on any atom is -0.475 e. The fourth-order valence-corrected chi connectivity index (χ4v) is 1.41. The van der Waals surface area contributed by atoms with Crippen LogP contribution in [0.5, 0.6) is 0 Å². The smallest absolute Gasteiger partial charge is 0.377 e. The molecule has 0 spiro atoms. The molecule has 0 fully saturated rings. The molecule has 0 amide bonds. The average molecular weight is 283 g/mol. The molecule has 2 rings (SSSR count). The maximum absolute atomic E-state index is 10.6. The first kappa shape index (κ1) is 10.7. The van der Waals surface area contributed by atoms with E-state index in [-0.39, 0.29) is 5.82 Å². The third kappa shape index (κ3) is 1.94. The van der Waals surface area contributed by atoms with Crippen LogP contribution in [0.1, 0.15) is 16.2 Å². The number of hydrogen-bond donors (Lipinski definition) is 1. The van der Waals surface area contributed by atoms with E-state index in [0.717, 1.165) is 10.0 Å². The lowest BCUT2D eigenvalue weighted by Crippen LogP contribution is -2.02. The van der Waals surface area contributed by atoms with Crippen LogP contribution in [0.4, 0.5) is 0 Å². The number of aromatic nitrogens is 4. The third-order valence-electron chi connectivity index (χ3n) is 1.98. The summed E-state index contributed by atoms with van der Waals surface area (Å²) in [5.41, 5.74) is 1.67. The van der Waals surface area contributed by atoms with Gasteiger partial charge in [-0.3, -0.25) is 0 Å². The van der Waals surface area contributed by atoms with Crippen LogP contribution in [0, 0.1) is 6.92 Å². The molecule has 16 heavy (non-hydrogen) atoms. The number of nitrogens with zero attached hydrogens (tertiary/aromatic N) is 4. The summed E-state index contributed by atoms with van der Waals surface area (Å²) >= 11 is 3.37. The normalized spacial score (nSPS) is 10.4. The molecule has 0 aliphatic carbocycles. The molecule has 0 aliphatic rings.